The number of ether oxygens (including phenoxy) is 1. The Morgan fingerprint density at radius 1 is 1.38 bits per heavy atom. The molecule has 0 saturated heterocycles. The third kappa shape index (κ3) is 2.75. The number of hydrogen-bond donors (Lipinski definition) is 0. The van der Waals surface area contributed by atoms with Crippen LogP contribution in [-0.4, -0.2) is 20.5 Å². The van der Waals surface area contributed by atoms with Crippen molar-refractivity contribution < 1.29 is 18.3 Å². The van der Waals surface area contributed by atoms with Gasteiger partial charge in [-0.25, -0.2) is 14.8 Å². The smallest absolute Gasteiger partial charge is 0.338 e. The van der Waals surface area contributed by atoms with Crippen molar-refractivity contribution in [2.24, 2.45) is 0 Å². The molecule has 3 aromatic rings. The molecular formula is C13H9F2N3O2S. The number of alkyl halides is 2. The van der Waals surface area contributed by atoms with Gasteiger partial charge in [-0.3, -0.25) is 4.57 Å². The molecule has 2 heterocycles. The summed E-state index contributed by atoms with van der Waals surface area (Å²) < 4.78 is 31.8. The van der Waals surface area contributed by atoms with E-state index in [0.717, 1.165) is 16.4 Å². The molecular weight excluding hydrogens is 300 g/mol. The van der Waals surface area contributed by atoms with Crippen LogP contribution in [0.2, 0.25) is 0 Å². The zero-order valence-electron chi connectivity index (χ0n) is 10.6. The average molecular weight is 309 g/mol. The highest BCUT2D eigenvalue weighted by atomic mass is 32.1. The molecule has 21 heavy (non-hydrogen) atoms. The lowest BCUT2D eigenvalue weighted by Crippen LogP contribution is -2.10. The van der Waals surface area contributed by atoms with E-state index in [9.17, 15) is 13.6 Å². The lowest BCUT2D eigenvalue weighted by atomic mass is 10.2. The summed E-state index contributed by atoms with van der Waals surface area (Å²) >= 11 is 1.41. The lowest BCUT2D eigenvalue weighted by molar-refractivity contribution is 0.0376. The molecule has 3 rings (SSSR count). The van der Waals surface area contributed by atoms with Crippen molar-refractivity contribution in [1.82, 2.24) is 14.5 Å². The number of hydrogen-bond acceptors (Lipinski definition) is 5. The van der Waals surface area contributed by atoms with E-state index in [2.05, 4.69) is 9.97 Å². The Kier molecular flexibility index (Phi) is 3.61. The van der Waals surface area contributed by atoms with Crippen molar-refractivity contribution in [3.63, 3.8) is 0 Å². The first-order valence-corrected chi connectivity index (χ1v) is 6.83. The molecule has 0 aliphatic rings. The van der Waals surface area contributed by atoms with Gasteiger partial charge in [0.25, 0.3) is 0 Å². The summed E-state index contributed by atoms with van der Waals surface area (Å²) in [5.41, 5.74) is 2.82. The van der Waals surface area contributed by atoms with E-state index in [4.69, 9.17) is 4.74 Å². The first kappa shape index (κ1) is 13.6. The highest BCUT2D eigenvalue weighted by Gasteiger charge is 2.14. The van der Waals surface area contributed by atoms with Crippen LogP contribution in [0, 0.1) is 0 Å². The Balaban J connectivity index is 1.72. The van der Waals surface area contributed by atoms with E-state index in [1.54, 1.807) is 23.7 Å². The molecule has 0 unspecified atom stereocenters. The third-order valence-corrected chi connectivity index (χ3v) is 3.65. The maximum Gasteiger partial charge on any atom is 0.338 e. The van der Waals surface area contributed by atoms with Gasteiger partial charge in [0.05, 0.1) is 21.3 Å². The fourth-order valence-electron chi connectivity index (χ4n) is 1.83. The zero-order chi connectivity index (χ0) is 14.8. The summed E-state index contributed by atoms with van der Waals surface area (Å²) in [5.74, 6) is -0.591. The Morgan fingerprint density at radius 3 is 3.05 bits per heavy atom. The van der Waals surface area contributed by atoms with E-state index in [-0.39, 0.29) is 12.4 Å². The Hall–Kier alpha value is -2.35. The summed E-state index contributed by atoms with van der Waals surface area (Å²) in [6.45, 7) is -3.02. The number of fused-ring (bicyclic) bond motifs is 1. The molecule has 8 heteroatoms. The van der Waals surface area contributed by atoms with Crippen molar-refractivity contribution in [2.45, 2.75) is 13.2 Å². The Morgan fingerprint density at radius 2 is 2.24 bits per heavy atom. The van der Waals surface area contributed by atoms with Crippen molar-refractivity contribution in [2.75, 3.05) is 0 Å². The number of nitrogens with zero attached hydrogens (tertiary/aromatic N) is 3. The van der Waals surface area contributed by atoms with Gasteiger partial charge in [0.1, 0.15) is 6.61 Å². The second-order valence-corrected chi connectivity index (χ2v) is 5.03. The molecule has 0 saturated carbocycles. The van der Waals surface area contributed by atoms with Gasteiger partial charge < -0.3 is 4.74 Å². The molecule has 0 radical (unpaired) electrons. The molecule has 1 aromatic carbocycles. The highest BCUT2D eigenvalue weighted by molar-refractivity contribution is 7.16. The molecule has 0 fully saturated rings. The van der Waals surface area contributed by atoms with Crippen LogP contribution in [0.25, 0.3) is 10.2 Å². The molecule has 0 atom stereocenters. The standard InChI is InChI=1S/C13H9F2N3O2S/c14-13(15)18-4-3-16-11(18)6-20-12(19)8-1-2-9-10(5-8)21-7-17-9/h1-5,7,13H,6H2. The summed E-state index contributed by atoms with van der Waals surface area (Å²) in [6, 6.07) is 4.96. The number of carbonyl (C=O) groups excluding carboxylic acids is 1. The molecule has 2 aromatic heterocycles. The number of thiazole rings is 1. The Bertz CT molecular complexity index is 784. The number of imidazole rings is 1. The Labute approximate surface area is 121 Å². The van der Waals surface area contributed by atoms with Crippen molar-refractivity contribution >= 4 is 27.5 Å². The maximum absolute atomic E-state index is 12.6. The highest BCUT2D eigenvalue weighted by Crippen LogP contribution is 2.20. The van der Waals surface area contributed by atoms with Gasteiger partial charge in [-0.2, -0.15) is 8.78 Å². The van der Waals surface area contributed by atoms with E-state index in [0.29, 0.717) is 10.1 Å². The first-order chi connectivity index (χ1) is 10.1. The summed E-state index contributed by atoms with van der Waals surface area (Å²) in [6.07, 6.45) is 2.37. The maximum atomic E-state index is 12.6. The predicted octanol–water partition coefficient (Wildman–Crippen LogP) is 3.24. The van der Waals surface area contributed by atoms with Crippen LogP contribution >= 0.6 is 11.3 Å². The van der Waals surface area contributed by atoms with Crippen LogP contribution < -0.4 is 0 Å². The van der Waals surface area contributed by atoms with Crippen molar-refractivity contribution in [1.29, 1.82) is 0 Å². The van der Waals surface area contributed by atoms with Gasteiger partial charge in [0.2, 0.25) is 0 Å². The van der Waals surface area contributed by atoms with E-state index >= 15 is 0 Å². The second kappa shape index (κ2) is 5.57. The van der Waals surface area contributed by atoms with Gasteiger partial charge in [-0.1, -0.05) is 0 Å². The molecule has 5 nitrogen and oxygen atoms in total. The SMILES string of the molecule is O=C(OCc1nccn1C(F)F)c1ccc2ncsc2c1. The number of rotatable bonds is 4. The van der Waals surface area contributed by atoms with Gasteiger partial charge in [0, 0.05) is 12.4 Å². The normalized spacial score (nSPS) is 11.2. The van der Waals surface area contributed by atoms with Crippen LogP contribution in [-0.2, 0) is 11.3 Å². The monoisotopic (exact) mass is 309 g/mol. The van der Waals surface area contributed by atoms with Crippen LogP contribution in [0.1, 0.15) is 22.7 Å². The number of carbonyl (C=O) groups is 1. The number of benzene rings is 1. The van der Waals surface area contributed by atoms with Gasteiger partial charge >= 0.3 is 12.5 Å². The van der Waals surface area contributed by atoms with Gasteiger partial charge in [-0.15, -0.1) is 11.3 Å². The quantitative estimate of drug-likeness (QED) is 0.694. The second-order valence-electron chi connectivity index (χ2n) is 4.14. The largest absolute Gasteiger partial charge is 0.454 e. The molecule has 0 bridgehead atoms. The number of halogens is 2. The summed E-state index contributed by atoms with van der Waals surface area (Å²) in [5, 5.41) is 0. The van der Waals surface area contributed by atoms with Crippen LogP contribution in [0.15, 0.2) is 36.1 Å². The lowest BCUT2D eigenvalue weighted by Gasteiger charge is -2.07. The molecule has 108 valence electrons. The van der Waals surface area contributed by atoms with Crippen LogP contribution in [0.3, 0.4) is 0 Å². The summed E-state index contributed by atoms with van der Waals surface area (Å²) in [4.78, 5) is 19.8. The molecule has 0 aliphatic carbocycles. The number of esters is 1. The molecule has 0 N–H and O–H groups in total. The minimum absolute atomic E-state index is 0.00258. The van der Waals surface area contributed by atoms with Gasteiger partial charge in [-0.05, 0) is 18.2 Å². The molecule has 0 spiro atoms. The van der Waals surface area contributed by atoms with Crippen LogP contribution in [0.4, 0.5) is 8.78 Å². The molecule has 0 amide bonds. The van der Waals surface area contributed by atoms with E-state index in [1.807, 2.05) is 0 Å². The fraction of sp³-hybridized carbons (Fsp3) is 0.154. The zero-order valence-corrected chi connectivity index (χ0v) is 11.4. The molecule has 0 aliphatic heterocycles. The first-order valence-electron chi connectivity index (χ1n) is 5.95. The van der Waals surface area contributed by atoms with Crippen molar-refractivity contribution in [3.8, 4) is 0 Å². The average Bonchev–Trinajstić information content (AvgIpc) is 3.12. The summed E-state index contributed by atoms with van der Waals surface area (Å²) in [7, 11) is 0. The third-order valence-electron chi connectivity index (χ3n) is 2.86. The van der Waals surface area contributed by atoms with Crippen LogP contribution in [0.5, 0.6) is 0 Å². The topological polar surface area (TPSA) is 57.0 Å². The predicted molar refractivity (Wildman–Crippen MR) is 72.2 cm³/mol. The minimum atomic E-state index is -2.71. The fourth-order valence-corrected chi connectivity index (χ4v) is 2.55. The van der Waals surface area contributed by atoms with E-state index < -0.39 is 12.5 Å². The number of aromatic nitrogens is 3. The van der Waals surface area contributed by atoms with Gasteiger partial charge in [0.15, 0.2) is 5.82 Å². The van der Waals surface area contributed by atoms with E-state index in [1.165, 1.54) is 17.5 Å². The minimum Gasteiger partial charge on any atom is -0.454 e. The van der Waals surface area contributed by atoms with Crippen molar-refractivity contribution in [3.05, 3.63) is 47.5 Å².